The van der Waals surface area contributed by atoms with Gasteiger partial charge in [-0.05, 0) is 26.2 Å². The number of rotatable bonds is 2. The average molecular weight is 226 g/mol. The van der Waals surface area contributed by atoms with Crippen LogP contribution >= 0.6 is 0 Å². The lowest BCUT2D eigenvalue weighted by molar-refractivity contribution is -0.152. The van der Waals surface area contributed by atoms with Crippen LogP contribution in [0.25, 0.3) is 0 Å². The Morgan fingerprint density at radius 2 is 2.31 bits per heavy atom. The second-order valence-corrected chi connectivity index (χ2v) is 4.40. The first-order valence-electron chi connectivity index (χ1n) is 5.89. The second kappa shape index (κ2) is 4.41. The monoisotopic (exact) mass is 226 g/mol. The van der Waals surface area contributed by atoms with E-state index in [-0.39, 0.29) is 11.9 Å². The summed E-state index contributed by atoms with van der Waals surface area (Å²) in [4.78, 5) is 25.4. The Morgan fingerprint density at radius 1 is 1.56 bits per heavy atom. The van der Waals surface area contributed by atoms with Crippen LogP contribution in [0.3, 0.4) is 0 Å². The lowest BCUT2D eigenvalue weighted by atomic mass is 9.94. The molecule has 0 bridgehead atoms. The van der Waals surface area contributed by atoms with Gasteiger partial charge in [-0.2, -0.15) is 0 Å². The smallest absolute Gasteiger partial charge is 0.320 e. The van der Waals surface area contributed by atoms with Gasteiger partial charge in [0.15, 0.2) is 5.92 Å². The highest BCUT2D eigenvalue weighted by molar-refractivity contribution is 6.00. The first-order valence-corrected chi connectivity index (χ1v) is 5.89. The molecule has 2 N–H and O–H groups in total. The van der Waals surface area contributed by atoms with Gasteiger partial charge in [0.25, 0.3) is 0 Å². The van der Waals surface area contributed by atoms with E-state index in [0.717, 1.165) is 25.8 Å². The van der Waals surface area contributed by atoms with Gasteiger partial charge in [0.2, 0.25) is 5.91 Å². The average Bonchev–Trinajstić information content (AvgIpc) is 2.53. The molecule has 0 unspecified atom stereocenters. The summed E-state index contributed by atoms with van der Waals surface area (Å²) in [6, 6.07) is -0.359. The van der Waals surface area contributed by atoms with Crippen molar-refractivity contribution in [3.8, 4) is 0 Å². The quantitative estimate of drug-likeness (QED) is 0.526. The largest absolute Gasteiger partial charge is 0.465 e. The lowest BCUT2D eigenvalue weighted by Gasteiger charge is -2.30. The summed E-state index contributed by atoms with van der Waals surface area (Å²) in [5.41, 5.74) is 5.99. The van der Waals surface area contributed by atoms with Gasteiger partial charge in [-0.3, -0.25) is 9.59 Å². The summed E-state index contributed by atoms with van der Waals surface area (Å²) in [5, 5.41) is 0. The zero-order valence-electron chi connectivity index (χ0n) is 9.52. The lowest BCUT2D eigenvalue weighted by Crippen LogP contribution is -2.44. The standard InChI is InChI=1S/C11H18N2O3/c1-2-16-11(15)8-9(12)7-5-3-4-6-13(7)10(8)14/h7-9H,2-6,12H2,1H3/t7-,8-,9-/m0/s1. The van der Waals surface area contributed by atoms with E-state index in [4.69, 9.17) is 10.5 Å². The van der Waals surface area contributed by atoms with Crippen molar-refractivity contribution in [1.29, 1.82) is 0 Å². The van der Waals surface area contributed by atoms with Crippen LogP contribution in [0.4, 0.5) is 0 Å². The Hall–Kier alpha value is -1.10. The number of amides is 1. The molecule has 0 saturated carbocycles. The minimum atomic E-state index is -0.775. The zero-order chi connectivity index (χ0) is 11.7. The Labute approximate surface area is 94.9 Å². The topological polar surface area (TPSA) is 72.6 Å². The molecular weight excluding hydrogens is 208 g/mol. The fraction of sp³-hybridized carbons (Fsp3) is 0.818. The molecule has 2 aliphatic heterocycles. The Balaban J connectivity index is 2.15. The predicted molar refractivity (Wildman–Crippen MR) is 57.5 cm³/mol. The molecule has 0 spiro atoms. The third-order valence-corrected chi connectivity index (χ3v) is 3.47. The molecule has 2 fully saturated rings. The maximum absolute atomic E-state index is 12.0. The third-order valence-electron chi connectivity index (χ3n) is 3.47. The summed E-state index contributed by atoms with van der Waals surface area (Å²) >= 11 is 0. The van der Waals surface area contributed by atoms with Gasteiger partial charge >= 0.3 is 5.97 Å². The van der Waals surface area contributed by atoms with Crippen molar-refractivity contribution in [3.05, 3.63) is 0 Å². The molecule has 2 aliphatic rings. The number of carbonyl (C=O) groups excluding carboxylic acids is 2. The molecule has 3 atom stereocenters. The van der Waals surface area contributed by atoms with Crippen molar-refractivity contribution in [2.24, 2.45) is 11.7 Å². The number of nitrogens with zero attached hydrogens (tertiary/aromatic N) is 1. The Kier molecular flexibility index (Phi) is 3.14. The van der Waals surface area contributed by atoms with Gasteiger partial charge in [0.05, 0.1) is 6.61 Å². The highest BCUT2D eigenvalue weighted by Crippen LogP contribution is 2.31. The minimum absolute atomic E-state index is 0.0376. The molecule has 90 valence electrons. The molecule has 2 saturated heterocycles. The summed E-state index contributed by atoms with van der Waals surface area (Å²) in [6.07, 6.45) is 2.99. The number of hydrogen-bond donors (Lipinski definition) is 1. The van der Waals surface area contributed by atoms with Gasteiger partial charge in [0.1, 0.15) is 0 Å². The summed E-state index contributed by atoms with van der Waals surface area (Å²) in [5.74, 6) is -1.38. The van der Waals surface area contributed by atoms with E-state index in [9.17, 15) is 9.59 Å². The van der Waals surface area contributed by atoms with Gasteiger partial charge in [-0.15, -0.1) is 0 Å². The highest BCUT2D eigenvalue weighted by Gasteiger charge is 2.50. The van der Waals surface area contributed by atoms with Crippen LogP contribution < -0.4 is 5.73 Å². The fourth-order valence-electron chi connectivity index (χ4n) is 2.69. The zero-order valence-corrected chi connectivity index (χ0v) is 9.52. The van der Waals surface area contributed by atoms with Crippen molar-refractivity contribution in [1.82, 2.24) is 4.90 Å². The van der Waals surface area contributed by atoms with Crippen LogP contribution in [0.2, 0.25) is 0 Å². The number of carbonyl (C=O) groups is 2. The van der Waals surface area contributed by atoms with Crippen LogP contribution in [0.5, 0.6) is 0 Å². The van der Waals surface area contributed by atoms with Gasteiger partial charge in [0, 0.05) is 18.6 Å². The van der Waals surface area contributed by atoms with Crippen LogP contribution in [0.1, 0.15) is 26.2 Å². The Bertz CT molecular complexity index is 306. The first-order chi connectivity index (χ1) is 7.66. The maximum Gasteiger partial charge on any atom is 0.320 e. The van der Waals surface area contributed by atoms with E-state index in [1.807, 2.05) is 0 Å². The van der Waals surface area contributed by atoms with E-state index in [2.05, 4.69) is 0 Å². The number of piperidine rings is 1. The molecule has 16 heavy (non-hydrogen) atoms. The van der Waals surface area contributed by atoms with Crippen molar-refractivity contribution in [2.45, 2.75) is 38.3 Å². The number of nitrogens with two attached hydrogens (primary N) is 1. The number of hydrogen-bond acceptors (Lipinski definition) is 4. The number of ether oxygens (including phenoxy) is 1. The van der Waals surface area contributed by atoms with Gasteiger partial charge in [-0.25, -0.2) is 0 Å². The van der Waals surface area contributed by atoms with E-state index >= 15 is 0 Å². The Morgan fingerprint density at radius 3 is 2.94 bits per heavy atom. The van der Waals surface area contributed by atoms with Gasteiger partial charge in [-0.1, -0.05) is 0 Å². The van der Waals surface area contributed by atoms with Crippen molar-refractivity contribution < 1.29 is 14.3 Å². The molecule has 0 aliphatic carbocycles. The molecule has 0 aromatic heterocycles. The molecule has 0 radical (unpaired) electrons. The first kappa shape index (κ1) is 11.4. The predicted octanol–water partition coefficient (Wildman–Crippen LogP) is -0.112. The van der Waals surface area contributed by atoms with E-state index in [0.29, 0.717) is 6.61 Å². The van der Waals surface area contributed by atoms with Gasteiger partial charge < -0.3 is 15.4 Å². The van der Waals surface area contributed by atoms with Crippen LogP contribution in [-0.4, -0.2) is 42.0 Å². The van der Waals surface area contributed by atoms with E-state index in [1.165, 1.54) is 0 Å². The minimum Gasteiger partial charge on any atom is -0.465 e. The van der Waals surface area contributed by atoms with Crippen molar-refractivity contribution in [3.63, 3.8) is 0 Å². The third kappa shape index (κ3) is 1.69. The van der Waals surface area contributed by atoms with Crippen LogP contribution in [0, 0.1) is 5.92 Å². The second-order valence-electron chi connectivity index (χ2n) is 4.40. The summed E-state index contributed by atoms with van der Waals surface area (Å²) < 4.78 is 4.91. The number of fused-ring (bicyclic) bond motifs is 1. The SMILES string of the molecule is CCOC(=O)[C@@H]1C(=O)N2CCCC[C@H]2[C@@H]1N. The number of esters is 1. The maximum atomic E-state index is 12.0. The highest BCUT2D eigenvalue weighted by atomic mass is 16.5. The summed E-state index contributed by atoms with van der Waals surface area (Å²) in [7, 11) is 0. The fourth-order valence-corrected chi connectivity index (χ4v) is 2.69. The summed E-state index contributed by atoms with van der Waals surface area (Å²) in [6.45, 7) is 2.75. The molecule has 1 amide bonds. The molecule has 5 heteroatoms. The van der Waals surface area contributed by atoms with Crippen molar-refractivity contribution >= 4 is 11.9 Å². The molecule has 2 rings (SSSR count). The van der Waals surface area contributed by atoms with Crippen LogP contribution in [-0.2, 0) is 14.3 Å². The van der Waals surface area contributed by atoms with Crippen LogP contribution in [0.15, 0.2) is 0 Å². The molecule has 5 nitrogen and oxygen atoms in total. The molecule has 2 heterocycles. The van der Waals surface area contributed by atoms with E-state index in [1.54, 1.807) is 11.8 Å². The van der Waals surface area contributed by atoms with Crippen molar-refractivity contribution in [2.75, 3.05) is 13.2 Å². The van der Waals surface area contributed by atoms with E-state index < -0.39 is 17.9 Å². The molecule has 0 aromatic rings. The molecular formula is C11H18N2O3. The molecule has 0 aromatic carbocycles. The normalized spacial score (nSPS) is 33.8.